The number of amides is 1. The van der Waals surface area contributed by atoms with Crippen LogP contribution in [0.1, 0.15) is 56.3 Å². The van der Waals surface area contributed by atoms with Gasteiger partial charge in [0.1, 0.15) is 5.52 Å². The van der Waals surface area contributed by atoms with Crippen LogP contribution in [0.25, 0.3) is 11.1 Å². The van der Waals surface area contributed by atoms with Crippen LogP contribution in [0.5, 0.6) is 0 Å². The van der Waals surface area contributed by atoms with Crippen molar-refractivity contribution >= 4 is 23.0 Å². The van der Waals surface area contributed by atoms with Crippen molar-refractivity contribution in [2.75, 3.05) is 25.0 Å². The number of fused-ring (bicyclic) bond motifs is 3. The number of hydrogen-bond donors (Lipinski definition) is 2. The normalized spacial score (nSPS) is 32.4. The SMILES string of the molecule is C[C@H]1CNC[C@H](C)N1c1nc2c(C(=O)NC3C[C@H]4CCC[C@@H](C3)N4C)cccc2o1. The highest BCUT2D eigenvalue weighted by molar-refractivity contribution is 6.04. The van der Waals surface area contributed by atoms with Crippen molar-refractivity contribution in [3.63, 3.8) is 0 Å². The Hall–Kier alpha value is -2.12. The van der Waals surface area contributed by atoms with Gasteiger partial charge in [-0.15, -0.1) is 0 Å². The molecule has 0 saturated carbocycles. The summed E-state index contributed by atoms with van der Waals surface area (Å²) < 4.78 is 6.10. The van der Waals surface area contributed by atoms with Crippen LogP contribution in [0.2, 0.25) is 0 Å². The molecule has 1 unspecified atom stereocenters. The standard InChI is InChI=1S/C23H33N5O2/c1-14-12-24-13-15(2)28(14)23-26-21-19(8-5-9-20(21)30-23)22(29)25-16-10-17-6-4-7-18(11-16)27(17)3/h5,8-9,14-18,24H,4,6-7,10-13H2,1-3H3,(H,25,29)/t14-,15-,16?,17-,18+/m0/s1. The first-order valence-corrected chi connectivity index (χ1v) is 11.4. The third-order valence-electron chi connectivity index (χ3n) is 7.38. The first-order chi connectivity index (χ1) is 14.5. The monoisotopic (exact) mass is 411 g/mol. The Bertz CT molecular complexity index is 903. The number of anilines is 1. The number of rotatable bonds is 3. The summed E-state index contributed by atoms with van der Waals surface area (Å²) in [4.78, 5) is 22.7. The molecule has 1 aromatic heterocycles. The zero-order valence-electron chi connectivity index (χ0n) is 18.2. The molecule has 30 heavy (non-hydrogen) atoms. The van der Waals surface area contributed by atoms with Gasteiger partial charge in [-0.3, -0.25) is 4.79 Å². The van der Waals surface area contributed by atoms with Crippen LogP contribution in [0.3, 0.4) is 0 Å². The quantitative estimate of drug-likeness (QED) is 0.809. The second kappa shape index (κ2) is 7.85. The number of hydrogen-bond acceptors (Lipinski definition) is 6. The van der Waals surface area contributed by atoms with Gasteiger partial charge in [0.15, 0.2) is 5.58 Å². The van der Waals surface area contributed by atoms with E-state index in [0.717, 1.165) is 25.9 Å². The van der Waals surface area contributed by atoms with Crippen molar-refractivity contribution < 1.29 is 9.21 Å². The highest BCUT2D eigenvalue weighted by Crippen LogP contribution is 2.33. The van der Waals surface area contributed by atoms with Crippen LogP contribution in [0, 0.1) is 0 Å². The molecule has 1 aromatic carbocycles. The van der Waals surface area contributed by atoms with Gasteiger partial charge in [0.25, 0.3) is 11.9 Å². The van der Waals surface area contributed by atoms with Crippen LogP contribution in [-0.4, -0.2) is 66.1 Å². The van der Waals surface area contributed by atoms with Crippen molar-refractivity contribution in [3.8, 4) is 0 Å². The second-order valence-corrected chi connectivity index (χ2v) is 9.46. The van der Waals surface area contributed by atoms with Gasteiger partial charge in [0, 0.05) is 43.3 Å². The number of aromatic nitrogens is 1. The van der Waals surface area contributed by atoms with E-state index in [4.69, 9.17) is 9.40 Å². The zero-order chi connectivity index (χ0) is 20.8. The second-order valence-electron chi connectivity index (χ2n) is 9.46. The predicted molar refractivity (Wildman–Crippen MR) is 118 cm³/mol. The first-order valence-electron chi connectivity index (χ1n) is 11.4. The van der Waals surface area contributed by atoms with E-state index in [1.807, 2.05) is 18.2 Å². The van der Waals surface area contributed by atoms with Gasteiger partial charge in [-0.2, -0.15) is 4.98 Å². The van der Waals surface area contributed by atoms with Crippen LogP contribution >= 0.6 is 0 Å². The van der Waals surface area contributed by atoms with Gasteiger partial charge in [0.05, 0.1) is 5.56 Å². The molecule has 0 spiro atoms. The molecule has 3 saturated heterocycles. The molecule has 1 amide bonds. The number of oxazole rings is 1. The van der Waals surface area contributed by atoms with Crippen LogP contribution in [0.4, 0.5) is 6.01 Å². The molecule has 7 nitrogen and oxygen atoms in total. The molecule has 0 aliphatic carbocycles. The fraction of sp³-hybridized carbons (Fsp3) is 0.652. The smallest absolute Gasteiger partial charge is 0.298 e. The lowest BCUT2D eigenvalue weighted by molar-refractivity contribution is 0.0463. The molecule has 0 radical (unpaired) electrons. The summed E-state index contributed by atoms with van der Waals surface area (Å²) in [6.07, 6.45) is 5.86. The lowest BCUT2D eigenvalue weighted by Gasteiger charge is -2.47. The Morgan fingerprint density at radius 3 is 2.57 bits per heavy atom. The third kappa shape index (κ3) is 3.48. The molecule has 2 N–H and O–H groups in total. The van der Waals surface area contributed by atoms with E-state index in [0.29, 0.717) is 34.8 Å². The molecule has 3 fully saturated rings. The molecule has 162 valence electrons. The molecule has 2 aromatic rings. The summed E-state index contributed by atoms with van der Waals surface area (Å²) in [6, 6.07) is 8.26. The summed E-state index contributed by atoms with van der Waals surface area (Å²) >= 11 is 0. The lowest BCUT2D eigenvalue weighted by Crippen LogP contribution is -2.55. The Morgan fingerprint density at radius 1 is 1.17 bits per heavy atom. The fourth-order valence-corrected chi connectivity index (χ4v) is 5.74. The van der Waals surface area contributed by atoms with Gasteiger partial charge in [-0.05, 0) is 58.7 Å². The molecular formula is C23H33N5O2. The van der Waals surface area contributed by atoms with Gasteiger partial charge >= 0.3 is 0 Å². The molecule has 7 heteroatoms. The summed E-state index contributed by atoms with van der Waals surface area (Å²) in [5, 5.41) is 6.75. The summed E-state index contributed by atoms with van der Waals surface area (Å²) in [5.41, 5.74) is 1.95. The van der Waals surface area contributed by atoms with E-state index >= 15 is 0 Å². The van der Waals surface area contributed by atoms with Crippen LogP contribution in [0.15, 0.2) is 22.6 Å². The topological polar surface area (TPSA) is 73.6 Å². The van der Waals surface area contributed by atoms with Gasteiger partial charge in [0.2, 0.25) is 0 Å². The van der Waals surface area contributed by atoms with Gasteiger partial charge in [-0.1, -0.05) is 12.5 Å². The van der Waals surface area contributed by atoms with Crippen molar-refractivity contribution in [2.24, 2.45) is 0 Å². The van der Waals surface area contributed by atoms with Gasteiger partial charge in [-0.25, -0.2) is 0 Å². The average molecular weight is 412 g/mol. The summed E-state index contributed by atoms with van der Waals surface area (Å²) in [6.45, 7) is 6.13. The molecule has 4 heterocycles. The maximum Gasteiger partial charge on any atom is 0.298 e. The predicted octanol–water partition coefficient (Wildman–Crippen LogP) is 2.76. The molecule has 5 rings (SSSR count). The fourth-order valence-electron chi connectivity index (χ4n) is 5.74. The molecule has 3 aliphatic rings. The number of piperazine rings is 1. The minimum absolute atomic E-state index is 0.0329. The average Bonchev–Trinajstić information content (AvgIpc) is 3.12. The first kappa shape index (κ1) is 19.8. The Morgan fingerprint density at radius 2 is 1.87 bits per heavy atom. The van der Waals surface area contributed by atoms with Crippen molar-refractivity contribution in [1.29, 1.82) is 0 Å². The minimum atomic E-state index is -0.0329. The van der Waals surface area contributed by atoms with E-state index in [9.17, 15) is 4.79 Å². The number of nitrogens with one attached hydrogen (secondary N) is 2. The van der Waals surface area contributed by atoms with Gasteiger partial charge < -0.3 is 24.9 Å². The number of carbonyl (C=O) groups is 1. The van der Waals surface area contributed by atoms with Crippen LogP contribution < -0.4 is 15.5 Å². The highest BCUT2D eigenvalue weighted by Gasteiger charge is 2.37. The van der Waals surface area contributed by atoms with E-state index in [1.54, 1.807) is 0 Å². The zero-order valence-corrected chi connectivity index (χ0v) is 18.2. The maximum atomic E-state index is 13.2. The summed E-state index contributed by atoms with van der Waals surface area (Å²) in [7, 11) is 2.24. The Balaban J connectivity index is 1.38. The molecule has 3 aliphatic heterocycles. The van der Waals surface area contributed by atoms with Crippen molar-refractivity contribution in [1.82, 2.24) is 20.5 Å². The number of piperidine rings is 2. The number of benzene rings is 1. The third-order valence-corrected chi connectivity index (χ3v) is 7.38. The molecular weight excluding hydrogens is 378 g/mol. The van der Waals surface area contributed by atoms with E-state index in [-0.39, 0.29) is 24.0 Å². The highest BCUT2D eigenvalue weighted by atomic mass is 16.4. The number of nitrogens with zero attached hydrogens (tertiary/aromatic N) is 3. The summed E-state index contributed by atoms with van der Waals surface area (Å²) in [5.74, 6) is -0.0329. The van der Waals surface area contributed by atoms with Crippen LogP contribution in [-0.2, 0) is 0 Å². The van der Waals surface area contributed by atoms with E-state index < -0.39 is 0 Å². The van der Waals surface area contributed by atoms with E-state index in [1.165, 1.54) is 19.3 Å². The number of carbonyl (C=O) groups excluding carboxylic acids is 1. The minimum Gasteiger partial charge on any atom is -0.423 e. The Kier molecular flexibility index (Phi) is 5.19. The van der Waals surface area contributed by atoms with E-state index in [2.05, 4.69) is 41.3 Å². The molecule has 2 bridgehead atoms. The van der Waals surface area contributed by atoms with Crippen molar-refractivity contribution in [2.45, 2.75) is 76.2 Å². The maximum absolute atomic E-state index is 13.2. The molecule has 5 atom stereocenters. The lowest BCUT2D eigenvalue weighted by atomic mass is 9.82. The Labute approximate surface area is 178 Å². The largest absolute Gasteiger partial charge is 0.423 e. The van der Waals surface area contributed by atoms with Crippen molar-refractivity contribution in [3.05, 3.63) is 23.8 Å². The number of para-hydroxylation sites is 1.